The van der Waals surface area contributed by atoms with Gasteiger partial charge >= 0.3 is 6.18 Å². The second kappa shape index (κ2) is 10.6. The summed E-state index contributed by atoms with van der Waals surface area (Å²) in [5.41, 5.74) is 7.11. The number of rotatable bonds is 6. The number of imidazole rings is 1. The number of sulfone groups is 1. The summed E-state index contributed by atoms with van der Waals surface area (Å²) in [5, 5.41) is 7.58. The van der Waals surface area contributed by atoms with E-state index in [-0.39, 0.29) is 6.54 Å². The van der Waals surface area contributed by atoms with Crippen molar-refractivity contribution in [2.75, 3.05) is 68.1 Å². The summed E-state index contributed by atoms with van der Waals surface area (Å²) >= 11 is 0. The van der Waals surface area contributed by atoms with Gasteiger partial charge in [-0.25, -0.2) is 13.4 Å². The molecule has 214 valence electrons. The summed E-state index contributed by atoms with van der Waals surface area (Å²) in [6, 6.07) is 1.05. The van der Waals surface area contributed by atoms with E-state index in [1.807, 2.05) is 9.80 Å². The Morgan fingerprint density at radius 3 is 2.51 bits per heavy atom. The standard InChI is InChI=1S/C25H34F3N7O3S/c1-16-23(35-24(30-16)20(29)14-22(32-35)34-10-12-38-13-11-34)31-21-5-3-4-19(25(26,27)28)18(21)15-33-8-6-17(7-9-33)39(2,36)37/h3-5,14,17-18,21,31H,6-13,15,29H2,1-2H3. The third kappa shape index (κ3) is 5.87. The van der Waals surface area contributed by atoms with Crippen LogP contribution in [0.3, 0.4) is 0 Å². The van der Waals surface area contributed by atoms with Gasteiger partial charge < -0.3 is 25.6 Å². The summed E-state index contributed by atoms with van der Waals surface area (Å²) in [4.78, 5) is 8.52. The van der Waals surface area contributed by atoms with E-state index in [1.165, 1.54) is 12.3 Å². The zero-order valence-electron chi connectivity index (χ0n) is 22.0. The van der Waals surface area contributed by atoms with Crippen molar-refractivity contribution in [1.82, 2.24) is 19.5 Å². The summed E-state index contributed by atoms with van der Waals surface area (Å²) in [5.74, 6) is 0.198. The third-order valence-electron chi connectivity index (χ3n) is 7.76. The maximum absolute atomic E-state index is 14.2. The van der Waals surface area contributed by atoms with Crippen LogP contribution >= 0.6 is 0 Å². The largest absolute Gasteiger partial charge is 0.413 e. The van der Waals surface area contributed by atoms with Crippen LogP contribution in [0.15, 0.2) is 29.9 Å². The maximum Gasteiger partial charge on any atom is 0.413 e. The number of likely N-dealkylation sites (tertiary alicyclic amines) is 1. The number of allylic oxidation sites excluding steroid dienone is 2. The zero-order chi connectivity index (χ0) is 27.9. The predicted molar refractivity (Wildman–Crippen MR) is 144 cm³/mol. The smallest absolute Gasteiger partial charge is 0.396 e. The molecule has 14 heteroatoms. The van der Waals surface area contributed by atoms with E-state index in [9.17, 15) is 21.6 Å². The second-order valence-corrected chi connectivity index (χ2v) is 12.8. The normalized spacial score (nSPS) is 23.8. The molecule has 0 radical (unpaired) electrons. The van der Waals surface area contributed by atoms with Crippen LogP contribution < -0.4 is 16.0 Å². The summed E-state index contributed by atoms with van der Waals surface area (Å²) < 4.78 is 73.4. The molecule has 0 aromatic carbocycles. The van der Waals surface area contributed by atoms with E-state index in [4.69, 9.17) is 15.6 Å². The van der Waals surface area contributed by atoms with Gasteiger partial charge in [-0.05, 0) is 32.9 Å². The lowest BCUT2D eigenvalue weighted by atomic mass is 9.85. The van der Waals surface area contributed by atoms with Gasteiger partial charge in [-0.15, -0.1) is 5.10 Å². The number of anilines is 3. The summed E-state index contributed by atoms with van der Waals surface area (Å²) in [6.07, 6.45) is 1.78. The van der Waals surface area contributed by atoms with Crippen LogP contribution in [0, 0.1) is 12.8 Å². The first kappa shape index (κ1) is 27.7. The van der Waals surface area contributed by atoms with E-state index in [2.05, 4.69) is 10.3 Å². The van der Waals surface area contributed by atoms with Gasteiger partial charge in [-0.1, -0.05) is 18.2 Å². The molecule has 3 aliphatic rings. The van der Waals surface area contributed by atoms with E-state index < -0.39 is 38.8 Å². The summed E-state index contributed by atoms with van der Waals surface area (Å²) in [7, 11) is -3.18. The monoisotopic (exact) mass is 569 g/mol. The Labute approximate surface area is 225 Å². The molecule has 4 heterocycles. The van der Waals surface area contributed by atoms with Gasteiger partial charge in [0.2, 0.25) is 0 Å². The molecule has 2 saturated heterocycles. The molecule has 5 rings (SSSR count). The molecule has 2 atom stereocenters. The second-order valence-electron chi connectivity index (χ2n) is 10.4. The molecular weight excluding hydrogens is 535 g/mol. The van der Waals surface area contributed by atoms with Crippen molar-refractivity contribution in [3.63, 3.8) is 0 Å². The molecule has 0 bridgehead atoms. The van der Waals surface area contributed by atoms with Crippen LogP contribution in [0.2, 0.25) is 0 Å². The molecule has 0 spiro atoms. The molecular formula is C25H34F3N7O3S. The Morgan fingerprint density at radius 1 is 1.18 bits per heavy atom. The Balaban J connectivity index is 1.43. The lowest BCUT2D eigenvalue weighted by molar-refractivity contribution is -0.101. The molecule has 2 aromatic heterocycles. The van der Waals surface area contributed by atoms with Crippen LogP contribution in [0.25, 0.3) is 5.65 Å². The minimum atomic E-state index is -4.51. The Hall–Kier alpha value is -2.84. The number of halogens is 3. The topological polar surface area (TPSA) is 118 Å². The predicted octanol–water partition coefficient (Wildman–Crippen LogP) is 2.42. The summed E-state index contributed by atoms with van der Waals surface area (Å²) in [6.45, 7) is 5.18. The number of nitrogens with two attached hydrogens (primary N) is 1. The number of hydrogen-bond donors (Lipinski definition) is 2. The lowest BCUT2D eigenvalue weighted by Crippen LogP contribution is -2.46. The molecule has 2 fully saturated rings. The first-order valence-corrected chi connectivity index (χ1v) is 15.0. The van der Waals surface area contributed by atoms with Crippen LogP contribution in [0.4, 0.5) is 30.5 Å². The molecule has 0 amide bonds. The van der Waals surface area contributed by atoms with Gasteiger partial charge in [0.25, 0.3) is 0 Å². The maximum atomic E-state index is 14.2. The number of piperidine rings is 1. The van der Waals surface area contributed by atoms with Gasteiger partial charge in [-0.2, -0.15) is 17.7 Å². The molecule has 1 aliphatic carbocycles. The van der Waals surface area contributed by atoms with E-state index >= 15 is 0 Å². The van der Waals surface area contributed by atoms with Gasteiger partial charge in [0.1, 0.15) is 9.84 Å². The number of nitrogens with one attached hydrogen (secondary N) is 1. The highest BCUT2D eigenvalue weighted by atomic mass is 32.2. The number of fused-ring (bicyclic) bond motifs is 1. The molecule has 3 N–H and O–H groups in total. The number of aromatic nitrogens is 3. The Bertz CT molecular complexity index is 1380. The van der Waals surface area contributed by atoms with Crippen LogP contribution in [0.5, 0.6) is 0 Å². The number of ether oxygens (including phenoxy) is 1. The van der Waals surface area contributed by atoms with E-state index in [0.717, 1.165) is 6.08 Å². The fourth-order valence-electron chi connectivity index (χ4n) is 5.60. The molecule has 2 aromatic rings. The molecule has 10 nitrogen and oxygen atoms in total. The average Bonchev–Trinajstić information content (AvgIpc) is 3.20. The molecule has 0 saturated carbocycles. The van der Waals surface area contributed by atoms with Crippen molar-refractivity contribution in [2.45, 2.75) is 37.2 Å². The van der Waals surface area contributed by atoms with Crippen LogP contribution in [0.1, 0.15) is 18.5 Å². The van der Waals surface area contributed by atoms with Crippen molar-refractivity contribution in [2.24, 2.45) is 5.92 Å². The minimum Gasteiger partial charge on any atom is -0.396 e. The number of morpholine rings is 1. The number of nitrogen functional groups attached to an aromatic ring is 1. The zero-order valence-corrected chi connectivity index (χ0v) is 22.8. The average molecular weight is 570 g/mol. The van der Waals surface area contributed by atoms with Gasteiger partial charge in [0.15, 0.2) is 17.3 Å². The van der Waals surface area contributed by atoms with Crippen molar-refractivity contribution in [3.8, 4) is 0 Å². The minimum absolute atomic E-state index is 0.133. The number of aryl methyl sites for hydroxylation is 1. The number of hydrogen-bond acceptors (Lipinski definition) is 9. The van der Waals surface area contributed by atoms with Gasteiger partial charge in [0.05, 0.1) is 35.9 Å². The highest BCUT2D eigenvalue weighted by Gasteiger charge is 2.43. The third-order valence-corrected chi connectivity index (χ3v) is 9.44. The van der Waals surface area contributed by atoms with Crippen LogP contribution in [-0.4, -0.2) is 97.6 Å². The molecule has 39 heavy (non-hydrogen) atoms. The number of nitrogens with zero attached hydrogens (tertiary/aromatic N) is 5. The van der Waals surface area contributed by atoms with Crippen molar-refractivity contribution in [1.29, 1.82) is 0 Å². The highest BCUT2D eigenvalue weighted by molar-refractivity contribution is 7.91. The number of alkyl halides is 3. The van der Waals surface area contributed by atoms with Crippen LogP contribution in [-0.2, 0) is 14.6 Å². The Morgan fingerprint density at radius 2 is 1.87 bits per heavy atom. The van der Waals surface area contributed by atoms with Crippen molar-refractivity contribution in [3.05, 3.63) is 35.6 Å². The SMILES string of the molecule is Cc1nc2c(N)cc(N3CCOCC3)nn2c1NC1C=CC=C(C(F)(F)F)C1CN1CCC(S(C)(=O)=O)CC1. The molecule has 2 aliphatic heterocycles. The quantitative estimate of drug-likeness (QED) is 0.541. The fraction of sp³-hybridized carbons (Fsp3) is 0.600. The lowest BCUT2D eigenvalue weighted by Gasteiger charge is -2.38. The molecule has 2 unspecified atom stereocenters. The highest BCUT2D eigenvalue weighted by Crippen LogP contribution is 2.38. The Kier molecular flexibility index (Phi) is 7.55. The van der Waals surface area contributed by atoms with Gasteiger partial charge in [-0.3, -0.25) is 0 Å². The first-order chi connectivity index (χ1) is 18.4. The van der Waals surface area contributed by atoms with E-state index in [0.29, 0.717) is 80.9 Å². The first-order valence-electron chi connectivity index (χ1n) is 13.0. The van der Waals surface area contributed by atoms with Crippen molar-refractivity contribution >= 4 is 32.8 Å². The fourth-order valence-corrected chi connectivity index (χ4v) is 6.67. The van der Waals surface area contributed by atoms with Crippen molar-refractivity contribution < 1.29 is 26.3 Å². The van der Waals surface area contributed by atoms with Gasteiger partial charge in [0, 0.05) is 43.4 Å². The van der Waals surface area contributed by atoms with E-state index in [1.54, 1.807) is 23.6 Å².